The lowest BCUT2D eigenvalue weighted by atomic mass is 10.1. The van der Waals surface area contributed by atoms with Crippen LogP contribution in [-0.2, 0) is 11.3 Å². The minimum Gasteiger partial charge on any atom is -0.367 e. The zero-order chi connectivity index (χ0) is 7.84. The third-order valence-electron chi connectivity index (χ3n) is 1.88. The molecule has 11 heavy (non-hydrogen) atoms. The fourth-order valence-electron chi connectivity index (χ4n) is 1.25. The van der Waals surface area contributed by atoms with E-state index in [0.717, 1.165) is 10.2 Å². The second kappa shape index (κ2) is 2.57. The summed E-state index contributed by atoms with van der Waals surface area (Å²) < 4.78 is 6.42. The zero-order valence-electron chi connectivity index (χ0n) is 6.17. The van der Waals surface area contributed by atoms with E-state index in [1.165, 1.54) is 5.56 Å². The molecule has 3 heteroatoms. The molecule has 0 fully saturated rings. The molecule has 2 heterocycles. The predicted molar refractivity (Wildman–Crippen MR) is 45.1 cm³/mol. The van der Waals surface area contributed by atoms with Crippen LogP contribution in [0.3, 0.4) is 0 Å². The van der Waals surface area contributed by atoms with Gasteiger partial charge >= 0.3 is 0 Å². The van der Waals surface area contributed by atoms with Gasteiger partial charge in [0.05, 0.1) is 18.4 Å². The average molecular weight is 214 g/mol. The van der Waals surface area contributed by atoms with Gasteiger partial charge in [-0.25, -0.2) is 0 Å². The Hall–Kier alpha value is -0.410. The summed E-state index contributed by atoms with van der Waals surface area (Å²) in [6.07, 6.45) is 2.01. The lowest BCUT2D eigenvalue weighted by Gasteiger charge is -2.01. The van der Waals surface area contributed by atoms with E-state index >= 15 is 0 Å². The van der Waals surface area contributed by atoms with E-state index in [2.05, 4.69) is 27.0 Å². The van der Waals surface area contributed by atoms with Gasteiger partial charge in [0, 0.05) is 16.2 Å². The predicted octanol–water partition coefficient (Wildman–Crippen LogP) is 2.44. The largest absolute Gasteiger partial charge is 0.367 e. The number of rotatable bonds is 0. The normalized spacial score (nSPS) is 21.8. The summed E-state index contributed by atoms with van der Waals surface area (Å²) in [4.78, 5) is 4.24. The van der Waals surface area contributed by atoms with E-state index in [4.69, 9.17) is 4.74 Å². The highest BCUT2D eigenvalue weighted by Gasteiger charge is 2.19. The number of aromatic nitrogens is 1. The molecular formula is C8H8BrNO. The van der Waals surface area contributed by atoms with Gasteiger partial charge in [0.25, 0.3) is 0 Å². The van der Waals surface area contributed by atoms with Crippen LogP contribution < -0.4 is 0 Å². The molecule has 2 nitrogen and oxygen atoms in total. The molecule has 0 saturated heterocycles. The molecule has 0 amide bonds. The number of pyridine rings is 1. The summed E-state index contributed by atoms with van der Waals surface area (Å²) in [5.41, 5.74) is 2.28. The minimum absolute atomic E-state index is 0.204. The molecule has 1 aliphatic heterocycles. The average Bonchev–Trinajstić information content (AvgIpc) is 2.33. The van der Waals surface area contributed by atoms with Gasteiger partial charge in [-0.1, -0.05) is 0 Å². The molecule has 0 radical (unpaired) electrons. The molecule has 1 atom stereocenters. The van der Waals surface area contributed by atoms with Crippen LogP contribution in [0, 0.1) is 0 Å². The molecule has 58 valence electrons. The highest BCUT2D eigenvalue weighted by atomic mass is 79.9. The Bertz CT molecular complexity index is 287. The van der Waals surface area contributed by atoms with Crippen molar-refractivity contribution in [3.63, 3.8) is 0 Å². The third-order valence-corrected chi connectivity index (χ3v) is 2.31. The van der Waals surface area contributed by atoms with Crippen LogP contribution >= 0.6 is 15.9 Å². The van der Waals surface area contributed by atoms with Crippen molar-refractivity contribution < 1.29 is 4.74 Å². The van der Waals surface area contributed by atoms with Gasteiger partial charge in [-0.05, 0) is 28.9 Å². The Morgan fingerprint density at radius 3 is 3.36 bits per heavy atom. The molecule has 0 saturated carbocycles. The minimum atomic E-state index is 0.204. The smallest absolute Gasteiger partial charge is 0.0899 e. The first-order valence-corrected chi connectivity index (χ1v) is 4.32. The van der Waals surface area contributed by atoms with Gasteiger partial charge in [-0.2, -0.15) is 0 Å². The van der Waals surface area contributed by atoms with Crippen molar-refractivity contribution in [1.29, 1.82) is 0 Å². The maximum atomic E-state index is 5.39. The molecule has 2 rings (SSSR count). The molecular weight excluding hydrogens is 206 g/mol. The Balaban J connectivity index is 2.52. The third kappa shape index (κ3) is 1.19. The molecule has 0 bridgehead atoms. The molecule has 0 N–H and O–H groups in total. The number of nitrogens with zero attached hydrogens (tertiary/aromatic N) is 1. The van der Waals surface area contributed by atoms with Gasteiger partial charge in [0.1, 0.15) is 0 Å². The lowest BCUT2D eigenvalue weighted by Crippen LogP contribution is -1.89. The van der Waals surface area contributed by atoms with Crippen LogP contribution in [0.1, 0.15) is 24.3 Å². The SMILES string of the molecule is C[C@H]1OCc2ncc(Br)cc21. The van der Waals surface area contributed by atoms with Crippen LogP contribution in [0.15, 0.2) is 16.7 Å². The van der Waals surface area contributed by atoms with Crippen molar-refractivity contribution in [3.05, 3.63) is 28.0 Å². The molecule has 1 aromatic heterocycles. The second-order valence-electron chi connectivity index (χ2n) is 2.64. The molecule has 0 aliphatic carbocycles. The number of halogens is 1. The Morgan fingerprint density at radius 1 is 1.73 bits per heavy atom. The number of hydrogen-bond acceptors (Lipinski definition) is 2. The second-order valence-corrected chi connectivity index (χ2v) is 3.56. The number of fused-ring (bicyclic) bond motifs is 1. The zero-order valence-corrected chi connectivity index (χ0v) is 7.76. The standard InChI is InChI=1S/C8H8BrNO/c1-5-7-2-6(9)3-10-8(7)4-11-5/h2-3,5H,4H2,1H3/t5-/m1/s1. The molecule has 0 aromatic carbocycles. The molecule has 0 spiro atoms. The van der Waals surface area contributed by atoms with E-state index in [1.54, 1.807) is 6.20 Å². The number of hydrogen-bond donors (Lipinski definition) is 0. The van der Waals surface area contributed by atoms with E-state index in [0.29, 0.717) is 6.61 Å². The lowest BCUT2D eigenvalue weighted by molar-refractivity contribution is 0.0787. The highest BCUT2D eigenvalue weighted by Crippen LogP contribution is 2.30. The first-order chi connectivity index (χ1) is 5.27. The van der Waals surface area contributed by atoms with Gasteiger partial charge in [0.2, 0.25) is 0 Å². The van der Waals surface area contributed by atoms with Gasteiger partial charge in [-0.3, -0.25) is 4.98 Å². The van der Waals surface area contributed by atoms with E-state index in [1.807, 2.05) is 6.92 Å². The molecule has 1 aromatic rings. The summed E-state index contributed by atoms with van der Waals surface area (Å²) in [6.45, 7) is 2.70. The van der Waals surface area contributed by atoms with Crippen LogP contribution in [0.4, 0.5) is 0 Å². The first-order valence-electron chi connectivity index (χ1n) is 3.53. The van der Waals surface area contributed by atoms with Gasteiger partial charge < -0.3 is 4.74 Å². The first kappa shape index (κ1) is 7.25. The fourth-order valence-corrected chi connectivity index (χ4v) is 1.60. The van der Waals surface area contributed by atoms with Crippen molar-refractivity contribution in [3.8, 4) is 0 Å². The monoisotopic (exact) mass is 213 g/mol. The van der Waals surface area contributed by atoms with Gasteiger partial charge in [-0.15, -0.1) is 0 Å². The van der Waals surface area contributed by atoms with Crippen LogP contribution in [0.25, 0.3) is 0 Å². The Kier molecular flexibility index (Phi) is 1.69. The maximum absolute atomic E-state index is 5.39. The van der Waals surface area contributed by atoms with Crippen molar-refractivity contribution in [2.24, 2.45) is 0 Å². The summed E-state index contributed by atoms with van der Waals surface area (Å²) in [5, 5.41) is 0. The van der Waals surface area contributed by atoms with E-state index < -0.39 is 0 Å². The van der Waals surface area contributed by atoms with Crippen molar-refractivity contribution in [1.82, 2.24) is 4.98 Å². The highest BCUT2D eigenvalue weighted by molar-refractivity contribution is 9.10. The fraction of sp³-hybridized carbons (Fsp3) is 0.375. The van der Waals surface area contributed by atoms with Crippen molar-refractivity contribution >= 4 is 15.9 Å². The van der Waals surface area contributed by atoms with Crippen LogP contribution in [0.2, 0.25) is 0 Å². The number of ether oxygens (including phenoxy) is 1. The summed E-state index contributed by atoms with van der Waals surface area (Å²) >= 11 is 3.37. The summed E-state index contributed by atoms with van der Waals surface area (Å²) in [6, 6.07) is 2.07. The maximum Gasteiger partial charge on any atom is 0.0899 e. The quantitative estimate of drug-likeness (QED) is 0.661. The van der Waals surface area contributed by atoms with Crippen molar-refractivity contribution in [2.75, 3.05) is 0 Å². The topological polar surface area (TPSA) is 22.1 Å². The van der Waals surface area contributed by atoms with Crippen molar-refractivity contribution in [2.45, 2.75) is 19.6 Å². The van der Waals surface area contributed by atoms with E-state index in [-0.39, 0.29) is 6.10 Å². The van der Waals surface area contributed by atoms with Crippen LogP contribution in [0.5, 0.6) is 0 Å². The van der Waals surface area contributed by atoms with Gasteiger partial charge in [0.15, 0.2) is 0 Å². The summed E-state index contributed by atoms with van der Waals surface area (Å²) in [5.74, 6) is 0. The molecule has 1 aliphatic rings. The summed E-state index contributed by atoms with van der Waals surface area (Å²) in [7, 11) is 0. The Labute approximate surface area is 73.7 Å². The van der Waals surface area contributed by atoms with Crippen LogP contribution in [-0.4, -0.2) is 4.98 Å². The molecule has 0 unspecified atom stereocenters. The Morgan fingerprint density at radius 2 is 2.55 bits per heavy atom. The van der Waals surface area contributed by atoms with E-state index in [9.17, 15) is 0 Å².